The van der Waals surface area contributed by atoms with Gasteiger partial charge in [-0.3, -0.25) is 0 Å². The van der Waals surface area contributed by atoms with Gasteiger partial charge < -0.3 is 20.2 Å². The first-order chi connectivity index (χ1) is 16.6. The van der Waals surface area contributed by atoms with Gasteiger partial charge >= 0.3 is 5.97 Å². The van der Waals surface area contributed by atoms with Crippen LogP contribution in [0, 0.1) is 0 Å². The summed E-state index contributed by atoms with van der Waals surface area (Å²) in [6.07, 6.45) is 6.08. The monoisotopic (exact) mass is 454 g/mol. The van der Waals surface area contributed by atoms with Crippen LogP contribution in [0.15, 0.2) is 66.7 Å². The fraction of sp³-hybridized carbons (Fsp3) is 0.276. The zero-order valence-electron chi connectivity index (χ0n) is 19.5. The normalized spacial score (nSPS) is 14.3. The largest absolute Gasteiger partial charge is 0.489 e. The number of ether oxygens (including phenoxy) is 2. The molecular weight excluding hydrogens is 424 g/mol. The molecular formula is C29H30N2O3. The molecule has 34 heavy (non-hydrogen) atoms. The van der Waals surface area contributed by atoms with Crippen molar-refractivity contribution in [3.05, 3.63) is 83.4 Å². The Morgan fingerprint density at radius 2 is 1.79 bits per heavy atom. The number of rotatable bonds is 6. The van der Waals surface area contributed by atoms with Crippen LogP contribution in [0.5, 0.6) is 5.75 Å². The van der Waals surface area contributed by atoms with E-state index in [0.717, 1.165) is 46.3 Å². The SMILES string of the molecule is COC(=O)c1ccc2c(C3CCCCC3)c(-c3ccc(OCc4ccccc4)cc3N)[nH]c2c1. The Labute approximate surface area is 199 Å². The van der Waals surface area contributed by atoms with Crippen molar-refractivity contribution in [2.75, 3.05) is 12.8 Å². The fourth-order valence-electron chi connectivity index (χ4n) is 5.09. The molecule has 5 nitrogen and oxygen atoms in total. The first kappa shape index (κ1) is 22.1. The molecule has 0 unspecified atom stereocenters. The summed E-state index contributed by atoms with van der Waals surface area (Å²) < 4.78 is 10.9. The van der Waals surface area contributed by atoms with E-state index in [0.29, 0.717) is 23.8 Å². The van der Waals surface area contributed by atoms with E-state index in [1.807, 2.05) is 66.7 Å². The Morgan fingerprint density at radius 1 is 1.00 bits per heavy atom. The highest BCUT2D eigenvalue weighted by atomic mass is 16.5. The van der Waals surface area contributed by atoms with E-state index in [1.165, 1.54) is 31.9 Å². The van der Waals surface area contributed by atoms with Crippen molar-refractivity contribution in [1.29, 1.82) is 0 Å². The van der Waals surface area contributed by atoms with Crippen molar-refractivity contribution in [2.45, 2.75) is 44.6 Å². The number of H-pyrrole nitrogens is 1. The summed E-state index contributed by atoms with van der Waals surface area (Å²) >= 11 is 0. The van der Waals surface area contributed by atoms with E-state index in [2.05, 4.69) is 4.98 Å². The summed E-state index contributed by atoms with van der Waals surface area (Å²) in [5, 5.41) is 1.15. The number of carbonyl (C=O) groups excluding carboxylic acids is 1. The number of benzene rings is 3. The van der Waals surface area contributed by atoms with Crippen LogP contribution in [0.25, 0.3) is 22.2 Å². The van der Waals surface area contributed by atoms with Gasteiger partial charge in [0.25, 0.3) is 0 Å². The number of nitrogens with two attached hydrogens (primary N) is 1. The van der Waals surface area contributed by atoms with Gasteiger partial charge in [0.2, 0.25) is 0 Å². The predicted octanol–water partition coefficient (Wildman–Crippen LogP) is 6.83. The highest BCUT2D eigenvalue weighted by Crippen LogP contribution is 2.44. The number of esters is 1. The van der Waals surface area contributed by atoms with Gasteiger partial charge in [0.05, 0.1) is 18.4 Å². The molecule has 1 aromatic heterocycles. The van der Waals surface area contributed by atoms with Crippen LogP contribution < -0.4 is 10.5 Å². The molecule has 1 aliphatic rings. The van der Waals surface area contributed by atoms with Gasteiger partial charge in [-0.05, 0) is 54.2 Å². The molecule has 3 aromatic carbocycles. The summed E-state index contributed by atoms with van der Waals surface area (Å²) in [6.45, 7) is 0.496. The van der Waals surface area contributed by atoms with Crippen molar-refractivity contribution >= 4 is 22.6 Å². The molecule has 0 radical (unpaired) electrons. The van der Waals surface area contributed by atoms with Crippen LogP contribution in [-0.4, -0.2) is 18.1 Å². The third kappa shape index (κ3) is 4.38. The second-order valence-corrected chi connectivity index (χ2v) is 9.02. The molecule has 0 aliphatic heterocycles. The van der Waals surface area contributed by atoms with Crippen LogP contribution in [-0.2, 0) is 11.3 Å². The van der Waals surface area contributed by atoms with Gasteiger partial charge in [0.1, 0.15) is 12.4 Å². The Morgan fingerprint density at radius 3 is 2.53 bits per heavy atom. The standard InChI is InChI=1S/C29H30N2O3/c1-33-29(32)21-12-14-24-26(16-21)31-28(27(24)20-10-6-3-7-11-20)23-15-13-22(17-25(23)30)34-18-19-8-4-2-5-9-19/h2,4-5,8-9,12-17,20,31H,3,6-7,10-11,18,30H2,1H3. The van der Waals surface area contributed by atoms with Gasteiger partial charge in [-0.15, -0.1) is 0 Å². The van der Waals surface area contributed by atoms with Crippen molar-refractivity contribution in [2.24, 2.45) is 0 Å². The number of hydrogen-bond acceptors (Lipinski definition) is 4. The van der Waals surface area contributed by atoms with Crippen molar-refractivity contribution in [3.8, 4) is 17.0 Å². The molecule has 3 N–H and O–H groups in total. The van der Waals surface area contributed by atoms with Gasteiger partial charge in [0.15, 0.2) is 0 Å². The Hall–Kier alpha value is -3.73. The summed E-state index contributed by atoms with van der Waals surface area (Å²) in [5.41, 5.74) is 13.1. The summed E-state index contributed by atoms with van der Waals surface area (Å²) in [4.78, 5) is 15.7. The highest BCUT2D eigenvalue weighted by Gasteiger charge is 2.25. The topological polar surface area (TPSA) is 77.3 Å². The van der Waals surface area contributed by atoms with Gasteiger partial charge in [-0.1, -0.05) is 55.7 Å². The number of methoxy groups -OCH3 is 1. The average molecular weight is 455 g/mol. The molecule has 174 valence electrons. The number of aromatic amines is 1. The molecule has 1 aliphatic carbocycles. The van der Waals surface area contributed by atoms with Crippen molar-refractivity contribution in [1.82, 2.24) is 4.98 Å². The maximum atomic E-state index is 12.1. The molecule has 0 amide bonds. The highest BCUT2D eigenvalue weighted by molar-refractivity contribution is 5.99. The smallest absolute Gasteiger partial charge is 0.337 e. The van der Waals surface area contributed by atoms with Crippen LogP contribution in [0.1, 0.15) is 59.5 Å². The lowest BCUT2D eigenvalue weighted by molar-refractivity contribution is 0.0601. The molecule has 0 bridgehead atoms. The Bertz CT molecular complexity index is 1300. The number of hydrogen-bond donors (Lipinski definition) is 2. The summed E-state index contributed by atoms with van der Waals surface area (Å²) in [5.74, 6) is 0.875. The molecule has 4 aromatic rings. The van der Waals surface area contributed by atoms with Crippen molar-refractivity contribution in [3.63, 3.8) is 0 Å². The third-order valence-electron chi connectivity index (χ3n) is 6.81. The quantitative estimate of drug-likeness (QED) is 0.247. The van der Waals surface area contributed by atoms with E-state index in [-0.39, 0.29) is 5.97 Å². The number of nitrogen functional groups attached to an aromatic ring is 1. The molecule has 5 rings (SSSR count). The second kappa shape index (κ2) is 9.64. The Kier molecular flexibility index (Phi) is 6.26. The second-order valence-electron chi connectivity index (χ2n) is 9.02. The van der Waals surface area contributed by atoms with E-state index >= 15 is 0 Å². The first-order valence-electron chi connectivity index (χ1n) is 11.9. The first-order valence-corrected chi connectivity index (χ1v) is 11.9. The van der Waals surface area contributed by atoms with E-state index < -0.39 is 0 Å². The maximum absolute atomic E-state index is 12.1. The molecule has 1 fully saturated rings. The van der Waals surface area contributed by atoms with Gasteiger partial charge in [-0.2, -0.15) is 0 Å². The van der Waals surface area contributed by atoms with Crippen molar-refractivity contribution < 1.29 is 14.3 Å². The zero-order chi connectivity index (χ0) is 23.5. The van der Waals surface area contributed by atoms with Crippen LogP contribution in [0.2, 0.25) is 0 Å². The average Bonchev–Trinajstić information content (AvgIpc) is 3.26. The zero-order valence-corrected chi connectivity index (χ0v) is 19.5. The van der Waals surface area contributed by atoms with Crippen LogP contribution in [0.4, 0.5) is 5.69 Å². The Balaban J connectivity index is 1.52. The minimum atomic E-state index is -0.336. The lowest BCUT2D eigenvalue weighted by Gasteiger charge is -2.23. The number of aromatic nitrogens is 1. The minimum absolute atomic E-state index is 0.336. The third-order valence-corrected chi connectivity index (χ3v) is 6.81. The minimum Gasteiger partial charge on any atom is -0.489 e. The number of carbonyl (C=O) groups is 1. The predicted molar refractivity (Wildman–Crippen MR) is 136 cm³/mol. The van der Waals surface area contributed by atoms with Gasteiger partial charge in [-0.25, -0.2) is 4.79 Å². The number of nitrogens with one attached hydrogen (secondary N) is 1. The molecule has 1 heterocycles. The molecule has 0 atom stereocenters. The number of anilines is 1. The molecule has 0 spiro atoms. The molecule has 0 saturated heterocycles. The van der Waals surface area contributed by atoms with E-state index in [1.54, 1.807) is 0 Å². The van der Waals surface area contributed by atoms with E-state index in [4.69, 9.17) is 15.2 Å². The van der Waals surface area contributed by atoms with E-state index in [9.17, 15) is 4.79 Å². The molecule has 1 saturated carbocycles. The summed E-state index contributed by atoms with van der Waals surface area (Å²) in [6, 6.07) is 21.8. The summed E-state index contributed by atoms with van der Waals surface area (Å²) in [7, 11) is 1.41. The van der Waals surface area contributed by atoms with Gasteiger partial charge in [0, 0.05) is 28.2 Å². The fourth-order valence-corrected chi connectivity index (χ4v) is 5.09. The van der Waals surface area contributed by atoms with Crippen LogP contribution >= 0.6 is 0 Å². The lowest BCUT2D eigenvalue weighted by Crippen LogP contribution is -2.06. The van der Waals surface area contributed by atoms with Crippen LogP contribution in [0.3, 0.4) is 0 Å². The maximum Gasteiger partial charge on any atom is 0.337 e. The molecule has 5 heteroatoms. The lowest BCUT2D eigenvalue weighted by atomic mass is 9.81. The number of fused-ring (bicyclic) bond motifs is 1.